The zero-order valence-corrected chi connectivity index (χ0v) is 20.0. The lowest BCUT2D eigenvalue weighted by molar-refractivity contribution is -0.125. The molecule has 2 aromatic rings. The molecule has 0 radical (unpaired) electrons. The molecule has 3 aliphatic heterocycles. The predicted octanol–water partition coefficient (Wildman–Crippen LogP) is 3.02. The maximum absolute atomic E-state index is 12.9. The van der Waals surface area contributed by atoms with E-state index in [1.54, 1.807) is 12.3 Å². The van der Waals surface area contributed by atoms with Gasteiger partial charge in [0, 0.05) is 51.7 Å². The van der Waals surface area contributed by atoms with Crippen LogP contribution < -0.4 is 5.32 Å². The Morgan fingerprint density at radius 3 is 2.56 bits per heavy atom. The molecule has 2 amide bonds. The quantitative estimate of drug-likeness (QED) is 0.656. The molecule has 0 spiro atoms. The minimum atomic E-state index is -0.0465. The van der Waals surface area contributed by atoms with Gasteiger partial charge in [0.2, 0.25) is 5.91 Å². The average molecular weight is 483 g/mol. The highest BCUT2D eigenvalue weighted by Crippen LogP contribution is 2.33. The molecule has 1 N–H and O–H groups in total. The molecular weight excluding hydrogens is 452 g/mol. The molecule has 34 heavy (non-hydrogen) atoms. The maximum Gasteiger partial charge on any atom is 0.255 e. The number of likely N-dealkylation sites (tertiary alicyclic amines) is 2. The highest BCUT2D eigenvalue weighted by molar-refractivity contribution is 6.33. The summed E-state index contributed by atoms with van der Waals surface area (Å²) in [6.07, 6.45) is 4.79. The van der Waals surface area contributed by atoms with E-state index in [2.05, 4.69) is 27.3 Å². The largest absolute Gasteiger partial charge is 0.381 e. The molecule has 0 saturated carbocycles. The number of fused-ring (bicyclic) bond motifs is 1. The first kappa shape index (κ1) is 23.3. The van der Waals surface area contributed by atoms with Gasteiger partial charge in [-0.25, -0.2) is 0 Å². The number of amides is 2. The first-order valence-corrected chi connectivity index (χ1v) is 12.5. The summed E-state index contributed by atoms with van der Waals surface area (Å²) in [6, 6.07) is 11.9. The number of nitrogens with zero attached hydrogens (tertiary/aromatic N) is 3. The monoisotopic (exact) mass is 482 g/mol. The number of carbonyl (C=O) groups is 2. The molecule has 4 heterocycles. The topological polar surface area (TPSA) is 74.8 Å². The van der Waals surface area contributed by atoms with Gasteiger partial charge in [-0.05, 0) is 36.3 Å². The lowest BCUT2D eigenvalue weighted by Gasteiger charge is -2.25. The minimum absolute atomic E-state index is 0.00361. The van der Waals surface area contributed by atoms with Crippen molar-refractivity contribution >= 4 is 23.4 Å². The van der Waals surface area contributed by atoms with Gasteiger partial charge in [-0.1, -0.05) is 41.9 Å². The predicted molar refractivity (Wildman–Crippen MR) is 129 cm³/mol. The zero-order valence-electron chi connectivity index (χ0n) is 19.2. The number of hydrogen-bond donors (Lipinski definition) is 1. The van der Waals surface area contributed by atoms with Crippen LogP contribution in [0.1, 0.15) is 34.8 Å². The number of halogens is 1. The normalized spacial score (nSPS) is 25.3. The molecule has 180 valence electrons. The van der Waals surface area contributed by atoms with E-state index in [4.69, 9.17) is 16.3 Å². The van der Waals surface area contributed by atoms with Crippen molar-refractivity contribution in [3.63, 3.8) is 0 Å². The van der Waals surface area contributed by atoms with E-state index in [1.165, 1.54) is 6.20 Å². The van der Waals surface area contributed by atoms with Crippen LogP contribution in [-0.2, 0) is 9.53 Å². The van der Waals surface area contributed by atoms with Crippen molar-refractivity contribution in [3.8, 4) is 0 Å². The Hall–Kier alpha value is -2.48. The van der Waals surface area contributed by atoms with Crippen LogP contribution in [0.2, 0.25) is 5.02 Å². The number of ether oxygens (including phenoxy) is 1. The average Bonchev–Trinajstić information content (AvgIpc) is 3.59. The number of hydrogen-bond acceptors (Lipinski definition) is 5. The molecule has 0 bridgehead atoms. The summed E-state index contributed by atoms with van der Waals surface area (Å²) in [4.78, 5) is 34.1. The van der Waals surface area contributed by atoms with E-state index in [0.29, 0.717) is 35.6 Å². The van der Waals surface area contributed by atoms with Crippen LogP contribution >= 0.6 is 11.6 Å². The molecular formula is C26H31ClN4O3. The number of carbonyl (C=O) groups excluding carboxylic acids is 2. The standard InChI is InChI=1S/C26H31ClN4O3/c27-23-12-28-9-6-22(23)26(33)31-15-20-13-30(14-21(20)16-31)10-7-24(18-4-2-1-3-5-18)29-25(32)19-8-11-34-17-19/h1-6,9,12,19-21,24H,7-8,10-11,13-17H2,(H,29,32)/t19?,20-,21?,24?/m0/s1. The van der Waals surface area contributed by atoms with Crippen molar-refractivity contribution < 1.29 is 14.3 Å². The van der Waals surface area contributed by atoms with Crippen molar-refractivity contribution in [1.29, 1.82) is 0 Å². The summed E-state index contributed by atoms with van der Waals surface area (Å²) in [5.41, 5.74) is 1.67. The van der Waals surface area contributed by atoms with Gasteiger partial charge >= 0.3 is 0 Å². The fourth-order valence-corrected chi connectivity index (χ4v) is 5.71. The van der Waals surface area contributed by atoms with Gasteiger partial charge in [0.1, 0.15) is 0 Å². The molecule has 8 heteroatoms. The van der Waals surface area contributed by atoms with Crippen molar-refractivity contribution in [2.75, 3.05) is 45.9 Å². The van der Waals surface area contributed by atoms with Gasteiger partial charge in [0.25, 0.3) is 5.91 Å². The Morgan fingerprint density at radius 1 is 1.12 bits per heavy atom. The number of pyridine rings is 1. The highest BCUT2D eigenvalue weighted by atomic mass is 35.5. The number of nitrogens with one attached hydrogen (secondary N) is 1. The van der Waals surface area contributed by atoms with E-state index >= 15 is 0 Å². The number of rotatable bonds is 7. The van der Waals surface area contributed by atoms with E-state index in [0.717, 1.165) is 51.1 Å². The zero-order chi connectivity index (χ0) is 23.5. The van der Waals surface area contributed by atoms with Crippen LogP contribution in [0, 0.1) is 17.8 Å². The lowest BCUT2D eigenvalue weighted by atomic mass is 10.0. The molecule has 0 aliphatic carbocycles. The second kappa shape index (κ2) is 10.4. The van der Waals surface area contributed by atoms with Crippen LogP contribution in [0.3, 0.4) is 0 Å². The van der Waals surface area contributed by atoms with E-state index in [1.807, 2.05) is 23.1 Å². The lowest BCUT2D eigenvalue weighted by Crippen LogP contribution is -2.37. The fraction of sp³-hybridized carbons (Fsp3) is 0.500. The molecule has 3 saturated heterocycles. The second-order valence-electron chi connectivity index (χ2n) is 9.67. The summed E-state index contributed by atoms with van der Waals surface area (Å²) < 4.78 is 5.40. The third kappa shape index (κ3) is 5.11. The third-order valence-corrected chi connectivity index (χ3v) is 7.71. The summed E-state index contributed by atoms with van der Waals surface area (Å²) in [6.45, 7) is 5.58. The smallest absolute Gasteiger partial charge is 0.255 e. The molecule has 3 fully saturated rings. The number of benzene rings is 1. The van der Waals surface area contributed by atoms with E-state index in [9.17, 15) is 9.59 Å². The Labute approximate surface area is 205 Å². The number of aromatic nitrogens is 1. The van der Waals surface area contributed by atoms with Crippen molar-refractivity contribution in [3.05, 3.63) is 64.9 Å². The van der Waals surface area contributed by atoms with Gasteiger partial charge in [0.05, 0.1) is 29.2 Å². The Morgan fingerprint density at radius 2 is 1.88 bits per heavy atom. The molecule has 3 unspecified atom stereocenters. The summed E-state index contributed by atoms with van der Waals surface area (Å²) in [5.74, 6) is 0.995. The Balaban J connectivity index is 1.16. The third-order valence-electron chi connectivity index (χ3n) is 7.40. The SMILES string of the molecule is O=C(NC(CCN1CC2CN(C(=O)c3ccncc3Cl)C[C@@H]2C1)c1ccccc1)C1CCOC1. The molecule has 4 atom stereocenters. The second-order valence-corrected chi connectivity index (χ2v) is 10.1. The van der Waals surface area contributed by atoms with Crippen LogP contribution in [0.5, 0.6) is 0 Å². The van der Waals surface area contributed by atoms with Crippen LogP contribution in [0.25, 0.3) is 0 Å². The van der Waals surface area contributed by atoms with Crippen molar-refractivity contribution in [2.24, 2.45) is 17.8 Å². The van der Waals surface area contributed by atoms with Gasteiger partial charge in [0.15, 0.2) is 0 Å². The Kier molecular flexibility index (Phi) is 7.13. The van der Waals surface area contributed by atoms with Crippen LogP contribution in [0.15, 0.2) is 48.8 Å². The molecule has 5 rings (SSSR count). The fourth-order valence-electron chi connectivity index (χ4n) is 5.51. The summed E-state index contributed by atoms with van der Waals surface area (Å²) in [5, 5.41) is 3.69. The van der Waals surface area contributed by atoms with E-state index in [-0.39, 0.29) is 23.8 Å². The summed E-state index contributed by atoms with van der Waals surface area (Å²) in [7, 11) is 0. The maximum atomic E-state index is 12.9. The van der Waals surface area contributed by atoms with Gasteiger partial charge in [-0.15, -0.1) is 0 Å². The Bertz CT molecular complexity index is 1000. The molecule has 1 aromatic carbocycles. The van der Waals surface area contributed by atoms with E-state index < -0.39 is 0 Å². The van der Waals surface area contributed by atoms with Gasteiger partial charge in [-0.2, -0.15) is 0 Å². The highest BCUT2D eigenvalue weighted by Gasteiger charge is 2.42. The molecule has 1 aromatic heterocycles. The van der Waals surface area contributed by atoms with Crippen molar-refractivity contribution in [2.45, 2.75) is 18.9 Å². The summed E-state index contributed by atoms with van der Waals surface area (Å²) >= 11 is 6.19. The first-order valence-electron chi connectivity index (χ1n) is 12.1. The van der Waals surface area contributed by atoms with Gasteiger partial charge in [-0.3, -0.25) is 14.6 Å². The minimum Gasteiger partial charge on any atom is -0.381 e. The first-order chi connectivity index (χ1) is 16.6. The molecule has 3 aliphatic rings. The van der Waals surface area contributed by atoms with Crippen LogP contribution in [0.4, 0.5) is 0 Å². The van der Waals surface area contributed by atoms with Crippen LogP contribution in [-0.4, -0.2) is 72.5 Å². The van der Waals surface area contributed by atoms with Crippen molar-refractivity contribution in [1.82, 2.24) is 20.1 Å². The molecule has 7 nitrogen and oxygen atoms in total. The van der Waals surface area contributed by atoms with Gasteiger partial charge < -0.3 is 19.9 Å².